The third kappa shape index (κ3) is 2.60. The Morgan fingerprint density at radius 1 is 1.25 bits per heavy atom. The maximum atomic E-state index is 13.1. The number of rotatable bonds is 2. The van der Waals surface area contributed by atoms with Gasteiger partial charge in [-0.2, -0.15) is 0 Å². The number of benzene rings is 1. The van der Waals surface area contributed by atoms with Crippen LogP contribution in [-0.2, 0) is 4.79 Å². The monoisotopic (exact) mass is 325 g/mol. The van der Waals surface area contributed by atoms with Crippen molar-refractivity contribution in [2.24, 2.45) is 16.3 Å². The van der Waals surface area contributed by atoms with Crippen molar-refractivity contribution in [1.82, 2.24) is 0 Å². The number of methoxy groups -OCH3 is 1. The van der Waals surface area contributed by atoms with Crippen LogP contribution in [0.3, 0.4) is 0 Å². The Morgan fingerprint density at radius 3 is 2.54 bits per heavy atom. The zero-order chi connectivity index (χ0) is 17.7. The Morgan fingerprint density at radius 2 is 1.96 bits per heavy atom. The summed E-state index contributed by atoms with van der Waals surface area (Å²) in [6.07, 6.45) is 3.49. The molecule has 2 unspecified atom stereocenters. The van der Waals surface area contributed by atoms with Crippen LogP contribution in [0.5, 0.6) is 5.75 Å². The van der Waals surface area contributed by atoms with Crippen LogP contribution in [0.4, 0.5) is 0 Å². The average molecular weight is 325 g/mol. The Balaban J connectivity index is 2.06. The largest absolute Gasteiger partial charge is 0.496 e. The van der Waals surface area contributed by atoms with Gasteiger partial charge in [0.05, 0.1) is 18.1 Å². The molecule has 2 atom stereocenters. The lowest BCUT2D eigenvalue weighted by Crippen LogP contribution is -2.40. The Hall–Kier alpha value is -1.90. The van der Waals surface area contributed by atoms with Gasteiger partial charge in [-0.25, -0.2) is 0 Å². The number of allylic oxidation sites excluding steroid dienone is 2. The molecule has 3 rings (SSSR count). The van der Waals surface area contributed by atoms with Crippen molar-refractivity contribution in [3.8, 4) is 5.75 Å². The van der Waals surface area contributed by atoms with Gasteiger partial charge in [-0.05, 0) is 70.2 Å². The van der Waals surface area contributed by atoms with Crippen molar-refractivity contribution >= 4 is 17.1 Å². The number of hydrogen-bond donors (Lipinski definition) is 0. The zero-order valence-electron chi connectivity index (χ0n) is 15.6. The Kier molecular flexibility index (Phi) is 3.94. The van der Waals surface area contributed by atoms with E-state index >= 15 is 0 Å². The number of ether oxygens (including phenoxy) is 1. The first kappa shape index (κ1) is 16.9. The highest BCUT2D eigenvalue weighted by Gasteiger charge is 2.51. The standard InChI is InChI=1S/C21H27NO2/c1-13-7-8-18(24-6)17(9-13)16-10-19(23)21(11-14(16)2)12-20(4,5)22-15(21)3/h7-10,14H,11-12H2,1-6H3. The second kappa shape index (κ2) is 5.58. The highest BCUT2D eigenvalue weighted by molar-refractivity contribution is 6.17. The number of ketones is 1. The predicted octanol–water partition coefficient (Wildman–Crippen LogP) is 4.63. The van der Waals surface area contributed by atoms with Gasteiger partial charge in [0.25, 0.3) is 0 Å². The molecular weight excluding hydrogens is 298 g/mol. The van der Waals surface area contributed by atoms with Crippen LogP contribution >= 0.6 is 0 Å². The maximum absolute atomic E-state index is 13.1. The first-order chi connectivity index (χ1) is 11.2. The first-order valence-electron chi connectivity index (χ1n) is 8.66. The SMILES string of the molecule is COc1ccc(C)cc1C1=CC(=O)C2(CC1C)CC(C)(C)N=C2C. The van der Waals surface area contributed by atoms with E-state index in [1.807, 2.05) is 25.1 Å². The molecule has 0 N–H and O–H groups in total. The lowest BCUT2D eigenvalue weighted by Gasteiger charge is -2.37. The van der Waals surface area contributed by atoms with Crippen molar-refractivity contribution in [3.63, 3.8) is 0 Å². The van der Waals surface area contributed by atoms with Gasteiger partial charge < -0.3 is 4.74 Å². The number of aliphatic imine (C=N–C) groups is 1. The molecule has 1 aliphatic heterocycles. The molecule has 3 nitrogen and oxygen atoms in total. The van der Waals surface area contributed by atoms with Gasteiger partial charge >= 0.3 is 0 Å². The molecule has 0 saturated heterocycles. The quantitative estimate of drug-likeness (QED) is 0.795. The summed E-state index contributed by atoms with van der Waals surface area (Å²) in [6.45, 7) is 10.5. The zero-order valence-corrected chi connectivity index (χ0v) is 15.6. The van der Waals surface area contributed by atoms with Gasteiger partial charge in [0.1, 0.15) is 5.75 Å². The minimum absolute atomic E-state index is 0.147. The molecule has 0 aromatic heterocycles. The molecule has 0 amide bonds. The topological polar surface area (TPSA) is 38.7 Å². The smallest absolute Gasteiger partial charge is 0.167 e. The summed E-state index contributed by atoms with van der Waals surface area (Å²) in [6, 6.07) is 6.14. The van der Waals surface area contributed by atoms with Crippen LogP contribution < -0.4 is 4.74 Å². The van der Waals surface area contributed by atoms with Crippen LogP contribution in [0.2, 0.25) is 0 Å². The van der Waals surface area contributed by atoms with Crippen LogP contribution in [-0.4, -0.2) is 24.1 Å². The van der Waals surface area contributed by atoms with Gasteiger partial charge in [-0.1, -0.05) is 18.6 Å². The molecule has 1 aromatic rings. The van der Waals surface area contributed by atoms with E-state index < -0.39 is 5.41 Å². The van der Waals surface area contributed by atoms with E-state index in [2.05, 4.69) is 33.8 Å². The third-order valence-electron chi connectivity index (χ3n) is 5.51. The Labute approximate surface area is 144 Å². The number of nitrogens with zero attached hydrogens (tertiary/aromatic N) is 1. The minimum atomic E-state index is -0.413. The molecule has 0 saturated carbocycles. The normalized spacial score (nSPS) is 28.8. The van der Waals surface area contributed by atoms with Gasteiger partial charge in [0, 0.05) is 11.3 Å². The second-order valence-electron chi connectivity index (χ2n) is 8.04. The molecule has 24 heavy (non-hydrogen) atoms. The third-order valence-corrected chi connectivity index (χ3v) is 5.51. The van der Waals surface area contributed by atoms with E-state index in [-0.39, 0.29) is 17.2 Å². The maximum Gasteiger partial charge on any atom is 0.167 e. The number of aryl methyl sites for hydroxylation is 1. The summed E-state index contributed by atoms with van der Waals surface area (Å²) in [5.41, 5.74) is 3.74. The fourth-order valence-corrected chi connectivity index (χ4v) is 4.50. The first-order valence-corrected chi connectivity index (χ1v) is 8.66. The van der Waals surface area contributed by atoms with Crippen LogP contribution in [0.1, 0.15) is 51.7 Å². The molecule has 0 fully saturated rings. The highest BCUT2D eigenvalue weighted by Crippen LogP contribution is 2.50. The van der Waals surface area contributed by atoms with Crippen molar-refractivity contribution in [2.45, 2.75) is 53.0 Å². The molecule has 0 radical (unpaired) electrons. The predicted molar refractivity (Wildman–Crippen MR) is 98.7 cm³/mol. The fraction of sp³-hybridized carbons (Fsp3) is 0.524. The molecular formula is C21H27NO2. The molecule has 3 heteroatoms. The molecule has 1 aromatic carbocycles. The molecule has 1 spiro atoms. The number of carbonyl (C=O) groups excluding carboxylic acids is 1. The average Bonchev–Trinajstić information content (AvgIpc) is 2.72. The summed E-state index contributed by atoms with van der Waals surface area (Å²) in [5, 5.41) is 0. The molecule has 128 valence electrons. The van der Waals surface area contributed by atoms with Gasteiger partial charge in [-0.3, -0.25) is 9.79 Å². The lowest BCUT2D eigenvalue weighted by molar-refractivity contribution is -0.121. The van der Waals surface area contributed by atoms with Crippen LogP contribution in [0, 0.1) is 18.3 Å². The number of hydrogen-bond acceptors (Lipinski definition) is 3. The number of carbonyl (C=O) groups is 1. The summed E-state index contributed by atoms with van der Waals surface area (Å²) >= 11 is 0. The molecule has 1 aliphatic carbocycles. The van der Waals surface area contributed by atoms with E-state index in [4.69, 9.17) is 9.73 Å². The Bertz CT molecular complexity index is 757. The van der Waals surface area contributed by atoms with Gasteiger partial charge in [0.2, 0.25) is 0 Å². The van der Waals surface area contributed by atoms with Crippen molar-refractivity contribution < 1.29 is 9.53 Å². The van der Waals surface area contributed by atoms with E-state index in [0.29, 0.717) is 0 Å². The fourth-order valence-electron chi connectivity index (χ4n) is 4.50. The van der Waals surface area contributed by atoms with Crippen molar-refractivity contribution in [2.75, 3.05) is 7.11 Å². The van der Waals surface area contributed by atoms with E-state index in [9.17, 15) is 4.79 Å². The van der Waals surface area contributed by atoms with Gasteiger partial charge in [0.15, 0.2) is 5.78 Å². The van der Waals surface area contributed by atoms with Crippen molar-refractivity contribution in [3.05, 3.63) is 35.4 Å². The van der Waals surface area contributed by atoms with E-state index in [0.717, 1.165) is 35.4 Å². The summed E-state index contributed by atoms with van der Waals surface area (Å²) in [7, 11) is 1.68. The molecule has 1 heterocycles. The van der Waals surface area contributed by atoms with Crippen molar-refractivity contribution in [1.29, 1.82) is 0 Å². The van der Waals surface area contributed by atoms with E-state index in [1.54, 1.807) is 7.11 Å². The lowest BCUT2D eigenvalue weighted by atomic mass is 9.64. The summed E-state index contributed by atoms with van der Waals surface area (Å²) < 4.78 is 5.53. The summed E-state index contributed by atoms with van der Waals surface area (Å²) in [5.74, 6) is 1.32. The van der Waals surface area contributed by atoms with Gasteiger partial charge in [-0.15, -0.1) is 0 Å². The van der Waals surface area contributed by atoms with Crippen LogP contribution in [0.25, 0.3) is 5.57 Å². The molecule has 0 bridgehead atoms. The van der Waals surface area contributed by atoms with Crippen LogP contribution in [0.15, 0.2) is 29.3 Å². The highest BCUT2D eigenvalue weighted by atomic mass is 16.5. The molecule has 2 aliphatic rings. The van der Waals surface area contributed by atoms with E-state index in [1.165, 1.54) is 5.56 Å². The second-order valence-corrected chi connectivity index (χ2v) is 8.04. The minimum Gasteiger partial charge on any atom is -0.496 e. The summed E-state index contributed by atoms with van der Waals surface area (Å²) in [4.78, 5) is 17.9.